The van der Waals surface area contributed by atoms with Gasteiger partial charge in [-0.15, -0.1) is 0 Å². The Labute approximate surface area is 255 Å². The average molecular weight is 610 g/mol. The minimum Gasteiger partial charge on any atom is -0.493 e. The molecule has 0 unspecified atom stereocenters. The lowest BCUT2D eigenvalue weighted by Gasteiger charge is -2.35. The van der Waals surface area contributed by atoms with Crippen molar-refractivity contribution < 1.29 is 27.5 Å². The number of anilines is 1. The first-order valence-electron chi connectivity index (χ1n) is 14.2. The van der Waals surface area contributed by atoms with Crippen LogP contribution in [-0.4, -0.2) is 57.5 Å². The maximum absolute atomic E-state index is 14.3. The summed E-state index contributed by atoms with van der Waals surface area (Å²) in [7, 11) is -1.38. The van der Waals surface area contributed by atoms with Crippen LogP contribution in [-0.2, 0) is 26.2 Å². The lowest BCUT2D eigenvalue weighted by molar-refractivity contribution is -0.141. The summed E-state index contributed by atoms with van der Waals surface area (Å²) in [5, 5.41) is 2.98. The smallest absolute Gasteiger partial charge is 0.264 e. The van der Waals surface area contributed by atoms with Crippen LogP contribution in [0.5, 0.6) is 11.5 Å². The van der Waals surface area contributed by atoms with Crippen LogP contribution in [0.4, 0.5) is 5.69 Å². The van der Waals surface area contributed by atoms with E-state index in [1.165, 1.54) is 37.3 Å². The van der Waals surface area contributed by atoms with Crippen LogP contribution in [0.1, 0.15) is 50.8 Å². The molecule has 9 nitrogen and oxygen atoms in total. The predicted octanol–water partition coefficient (Wildman–Crippen LogP) is 5.24. The maximum atomic E-state index is 14.3. The number of hydrogen-bond acceptors (Lipinski definition) is 6. The zero-order valence-electron chi connectivity index (χ0n) is 26.3. The van der Waals surface area contributed by atoms with E-state index in [0.717, 1.165) is 21.0 Å². The number of methoxy groups -OCH3 is 2. The Morgan fingerprint density at radius 3 is 2.09 bits per heavy atom. The number of ether oxygens (including phenoxy) is 2. The van der Waals surface area contributed by atoms with Gasteiger partial charge in [-0.1, -0.05) is 54.4 Å². The van der Waals surface area contributed by atoms with Gasteiger partial charge in [-0.3, -0.25) is 13.9 Å². The molecule has 1 N–H and O–H groups in total. The molecule has 0 aliphatic carbocycles. The van der Waals surface area contributed by atoms with Gasteiger partial charge in [-0.2, -0.15) is 0 Å². The first kappa shape index (κ1) is 33.5. The van der Waals surface area contributed by atoms with E-state index in [0.29, 0.717) is 17.9 Å². The number of benzene rings is 3. The molecule has 3 aromatic carbocycles. The molecule has 3 aromatic rings. The molecule has 0 radical (unpaired) electrons. The summed E-state index contributed by atoms with van der Waals surface area (Å²) < 4.78 is 40.1. The van der Waals surface area contributed by atoms with Crippen molar-refractivity contribution in [1.29, 1.82) is 0 Å². The summed E-state index contributed by atoms with van der Waals surface area (Å²) >= 11 is 0. The van der Waals surface area contributed by atoms with Crippen LogP contribution in [0.3, 0.4) is 0 Å². The molecule has 0 saturated carbocycles. The van der Waals surface area contributed by atoms with Gasteiger partial charge in [0, 0.05) is 18.2 Å². The van der Waals surface area contributed by atoms with Crippen LogP contribution >= 0.6 is 0 Å². The molecule has 43 heavy (non-hydrogen) atoms. The minimum atomic E-state index is -4.26. The van der Waals surface area contributed by atoms with Crippen molar-refractivity contribution in [2.45, 2.75) is 71.0 Å². The molecule has 0 fully saturated rings. The quantitative estimate of drug-likeness (QED) is 0.301. The van der Waals surface area contributed by atoms with E-state index in [4.69, 9.17) is 9.47 Å². The molecule has 0 aliphatic rings. The van der Waals surface area contributed by atoms with Crippen molar-refractivity contribution in [3.63, 3.8) is 0 Å². The highest BCUT2D eigenvalue weighted by Gasteiger charge is 2.35. The van der Waals surface area contributed by atoms with Crippen molar-refractivity contribution in [1.82, 2.24) is 10.2 Å². The van der Waals surface area contributed by atoms with Crippen molar-refractivity contribution in [3.05, 3.63) is 83.4 Å². The Bertz CT molecular complexity index is 1530. The summed E-state index contributed by atoms with van der Waals surface area (Å²) in [6, 6.07) is 18.1. The highest BCUT2D eigenvalue weighted by molar-refractivity contribution is 7.92. The molecule has 0 aromatic heterocycles. The molecule has 0 aliphatic heterocycles. The average Bonchev–Trinajstić information content (AvgIpc) is 2.94. The summed E-state index contributed by atoms with van der Waals surface area (Å²) in [6.45, 7) is 10.9. The second-order valence-corrected chi connectivity index (χ2v) is 13.4. The Morgan fingerprint density at radius 2 is 1.53 bits per heavy atom. The summed E-state index contributed by atoms with van der Waals surface area (Å²) in [4.78, 5) is 29.1. The Morgan fingerprint density at radius 1 is 0.884 bits per heavy atom. The summed E-state index contributed by atoms with van der Waals surface area (Å²) in [5.41, 5.74) is 2.57. The molecule has 2 amide bonds. The van der Waals surface area contributed by atoms with Gasteiger partial charge in [0.1, 0.15) is 12.6 Å². The number of hydrogen-bond donors (Lipinski definition) is 1. The fourth-order valence-corrected chi connectivity index (χ4v) is 6.15. The van der Waals surface area contributed by atoms with Crippen LogP contribution in [0.25, 0.3) is 0 Å². The number of nitrogens with zero attached hydrogens (tertiary/aromatic N) is 2. The largest absolute Gasteiger partial charge is 0.493 e. The van der Waals surface area contributed by atoms with E-state index in [1.807, 2.05) is 65.8 Å². The second kappa shape index (κ2) is 13.9. The van der Waals surface area contributed by atoms with Crippen LogP contribution < -0.4 is 19.1 Å². The van der Waals surface area contributed by atoms with Gasteiger partial charge in [0.25, 0.3) is 10.0 Å². The topological polar surface area (TPSA) is 105 Å². The molecule has 1 atom stereocenters. The number of amides is 2. The summed E-state index contributed by atoms with van der Waals surface area (Å²) in [6.07, 6.45) is 0.340. The molecular formula is C33H43N3O6S. The standard InChI is InChI=1S/C33H43N3O6S/c1-9-28(32(38)34-33(4,5)6)35(21-25-12-10-11-24(3)19-25)31(37)22-36(26-15-13-23(2)14-16-26)43(39,40)27-17-18-29(41-7)30(20-27)42-8/h10-20,28H,9,21-22H2,1-8H3,(H,34,38)/t28-/m1/s1. The fourth-order valence-electron chi connectivity index (χ4n) is 4.72. The van der Waals surface area contributed by atoms with E-state index >= 15 is 0 Å². The Balaban J connectivity index is 2.11. The third-order valence-corrected chi connectivity index (χ3v) is 8.63. The van der Waals surface area contributed by atoms with Crippen LogP contribution in [0.15, 0.2) is 71.6 Å². The number of nitrogens with one attached hydrogen (secondary N) is 1. The molecule has 232 valence electrons. The van der Waals surface area contributed by atoms with Crippen molar-refractivity contribution >= 4 is 27.5 Å². The lowest BCUT2D eigenvalue weighted by Crippen LogP contribution is -2.55. The molecule has 0 spiro atoms. The monoisotopic (exact) mass is 609 g/mol. The zero-order chi connectivity index (χ0) is 31.9. The van der Waals surface area contributed by atoms with E-state index in [2.05, 4.69) is 5.32 Å². The highest BCUT2D eigenvalue weighted by Crippen LogP contribution is 2.32. The third-order valence-electron chi connectivity index (χ3n) is 6.86. The number of carbonyl (C=O) groups is 2. The molecule has 0 saturated heterocycles. The summed E-state index contributed by atoms with van der Waals surface area (Å²) in [5.74, 6) is -0.202. The zero-order valence-corrected chi connectivity index (χ0v) is 27.1. The Kier molecular flexibility index (Phi) is 10.9. The lowest BCUT2D eigenvalue weighted by atomic mass is 10.0. The van der Waals surface area contributed by atoms with E-state index in [1.54, 1.807) is 24.3 Å². The van der Waals surface area contributed by atoms with Gasteiger partial charge in [0.2, 0.25) is 11.8 Å². The molecule has 3 rings (SSSR count). The van der Waals surface area contributed by atoms with Gasteiger partial charge in [-0.25, -0.2) is 8.42 Å². The normalized spacial score (nSPS) is 12.3. The number of sulfonamides is 1. The van der Waals surface area contributed by atoms with Crippen LogP contribution in [0, 0.1) is 13.8 Å². The number of aryl methyl sites for hydroxylation is 2. The van der Waals surface area contributed by atoms with Gasteiger partial charge in [0.15, 0.2) is 11.5 Å². The third kappa shape index (κ3) is 8.50. The highest BCUT2D eigenvalue weighted by atomic mass is 32.2. The fraction of sp³-hybridized carbons (Fsp3) is 0.394. The van der Waals surface area contributed by atoms with E-state index < -0.39 is 34.1 Å². The van der Waals surface area contributed by atoms with Crippen LogP contribution in [0.2, 0.25) is 0 Å². The minimum absolute atomic E-state index is 0.0683. The number of carbonyl (C=O) groups excluding carboxylic acids is 2. The van der Waals surface area contributed by atoms with Crippen molar-refractivity contribution in [3.8, 4) is 11.5 Å². The predicted molar refractivity (Wildman–Crippen MR) is 169 cm³/mol. The van der Waals surface area contributed by atoms with Gasteiger partial charge < -0.3 is 19.7 Å². The van der Waals surface area contributed by atoms with E-state index in [-0.39, 0.29) is 23.1 Å². The first-order valence-corrected chi connectivity index (χ1v) is 15.6. The molecule has 0 heterocycles. The Hall–Kier alpha value is -4.05. The van der Waals surface area contributed by atoms with Crippen molar-refractivity contribution in [2.75, 3.05) is 25.1 Å². The molecule has 0 bridgehead atoms. The maximum Gasteiger partial charge on any atom is 0.264 e. The van der Waals surface area contributed by atoms with Gasteiger partial charge in [-0.05, 0) is 70.9 Å². The molecular weight excluding hydrogens is 566 g/mol. The van der Waals surface area contributed by atoms with Gasteiger partial charge >= 0.3 is 0 Å². The molecule has 10 heteroatoms. The SMILES string of the molecule is CC[C@H](C(=O)NC(C)(C)C)N(Cc1cccc(C)c1)C(=O)CN(c1ccc(C)cc1)S(=O)(=O)c1ccc(OC)c(OC)c1. The first-order chi connectivity index (χ1) is 20.2. The van der Waals surface area contributed by atoms with Gasteiger partial charge in [0.05, 0.1) is 24.8 Å². The van der Waals surface area contributed by atoms with Crippen molar-refractivity contribution in [2.24, 2.45) is 0 Å². The second-order valence-electron chi connectivity index (χ2n) is 11.5. The van der Waals surface area contributed by atoms with E-state index in [9.17, 15) is 18.0 Å². The number of rotatable bonds is 12.